The summed E-state index contributed by atoms with van der Waals surface area (Å²) in [4.78, 5) is 4.10. The van der Waals surface area contributed by atoms with Gasteiger partial charge in [0.25, 0.3) is 0 Å². The number of rotatable bonds is 2. The monoisotopic (exact) mass is 205 g/mol. The molecule has 0 spiro atoms. The van der Waals surface area contributed by atoms with Crippen molar-refractivity contribution in [1.29, 1.82) is 0 Å². The second kappa shape index (κ2) is 3.92. The summed E-state index contributed by atoms with van der Waals surface area (Å²) < 4.78 is 0. The first-order valence-corrected chi connectivity index (χ1v) is 5.02. The summed E-state index contributed by atoms with van der Waals surface area (Å²) >= 11 is 1.40. The Morgan fingerprint density at radius 3 is 2.43 bits per heavy atom. The largest absolute Gasteiger partial charge is 0.509 e. The third-order valence-corrected chi connectivity index (χ3v) is 2.72. The van der Waals surface area contributed by atoms with E-state index in [9.17, 15) is 0 Å². The maximum Gasteiger partial charge on any atom is 0.509 e. The van der Waals surface area contributed by atoms with Crippen LogP contribution in [0.25, 0.3) is 10.6 Å². The Hall–Kier alpha value is -1.17. The number of thiazole rings is 1. The topological polar surface area (TPSA) is 53.4 Å². The maximum atomic E-state index is 8.88. The van der Waals surface area contributed by atoms with Crippen molar-refractivity contribution in [3.63, 3.8) is 0 Å². The summed E-state index contributed by atoms with van der Waals surface area (Å²) in [7, 11) is -1.48. The molecule has 1 aromatic carbocycles. The van der Waals surface area contributed by atoms with Crippen LogP contribution in [0.4, 0.5) is 0 Å². The molecule has 3 nitrogen and oxygen atoms in total. The van der Waals surface area contributed by atoms with Crippen LogP contribution in [-0.4, -0.2) is 22.2 Å². The van der Waals surface area contributed by atoms with Gasteiger partial charge in [-0.15, -0.1) is 11.3 Å². The molecule has 5 heteroatoms. The molecule has 2 rings (SSSR count). The van der Waals surface area contributed by atoms with E-state index in [0.717, 1.165) is 10.6 Å². The highest BCUT2D eigenvalue weighted by Gasteiger charge is 2.15. The van der Waals surface area contributed by atoms with E-state index < -0.39 is 7.12 Å². The molecule has 0 aliphatic carbocycles. The molecule has 0 aliphatic heterocycles. The average Bonchev–Trinajstić information content (AvgIpc) is 2.68. The van der Waals surface area contributed by atoms with E-state index in [1.54, 1.807) is 5.38 Å². The molecule has 0 radical (unpaired) electrons. The number of nitrogens with zero attached hydrogens (tertiary/aromatic N) is 1. The summed E-state index contributed by atoms with van der Waals surface area (Å²) in [6, 6.07) is 9.65. The Balaban J connectivity index is 2.34. The first-order valence-electron chi connectivity index (χ1n) is 4.14. The highest BCUT2D eigenvalue weighted by atomic mass is 32.1. The highest BCUT2D eigenvalue weighted by molar-refractivity contribution is 7.14. The van der Waals surface area contributed by atoms with Crippen molar-refractivity contribution in [2.45, 2.75) is 0 Å². The second-order valence-electron chi connectivity index (χ2n) is 2.82. The molecule has 2 aromatic rings. The summed E-state index contributed by atoms with van der Waals surface area (Å²) in [6.45, 7) is 0. The van der Waals surface area contributed by atoms with Gasteiger partial charge >= 0.3 is 7.12 Å². The van der Waals surface area contributed by atoms with Crippen molar-refractivity contribution in [1.82, 2.24) is 4.98 Å². The molecule has 2 N–H and O–H groups in total. The van der Waals surface area contributed by atoms with Crippen LogP contribution >= 0.6 is 11.3 Å². The van der Waals surface area contributed by atoms with Crippen molar-refractivity contribution >= 4 is 24.0 Å². The lowest BCUT2D eigenvalue weighted by Gasteiger charge is -1.93. The van der Waals surface area contributed by atoms with Gasteiger partial charge in [0.05, 0.1) is 5.59 Å². The van der Waals surface area contributed by atoms with Gasteiger partial charge in [0.2, 0.25) is 0 Å². The van der Waals surface area contributed by atoms with Crippen LogP contribution in [0.3, 0.4) is 0 Å². The van der Waals surface area contributed by atoms with E-state index in [-0.39, 0.29) is 0 Å². The Bertz CT molecular complexity index is 416. The fourth-order valence-corrected chi connectivity index (χ4v) is 1.96. The summed E-state index contributed by atoms with van der Waals surface area (Å²) in [5.41, 5.74) is 1.29. The molecule has 1 heterocycles. The van der Waals surface area contributed by atoms with E-state index in [1.807, 2.05) is 30.3 Å². The minimum Gasteiger partial charge on any atom is -0.422 e. The van der Waals surface area contributed by atoms with E-state index in [0.29, 0.717) is 5.59 Å². The van der Waals surface area contributed by atoms with E-state index >= 15 is 0 Å². The SMILES string of the molecule is OB(O)c1csc(-c2ccccc2)n1. The van der Waals surface area contributed by atoms with Gasteiger partial charge in [-0.25, -0.2) is 4.98 Å². The molecule has 1 aromatic heterocycles. The van der Waals surface area contributed by atoms with Crippen molar-refractivity contribution < 1.29 is 10.0 Å². The molecule has 0 saturated carbocycles. The minimum atomic E-state index is -1.48. The van der Waals surface area contributed by atoms with E-state index in [4.69, 9.17) is 10.0 Å². The van der Waals surface area contributed by atoms with Crippen molar-refractivity contribution in [2.24, 2.45) is 0 Å². The summed E-state index contributed by atoms with van der Waals surface area (Å²) in [6.07, 6.45) is 0. The lowest BCUT2D eigenvalue weighted by molar-refractivity contribution is 0.424. The summed E-state index contributed by atoms with van der Waals surface area (Å²) in [5, 5.41) is 20.2. The Kier molecular flexibility index (Phi) is 2.63. The predicted octanol–water partition coefficient (Wildman–Crippen LogP) is 0.490. The number of aromatic nitrogens is 1. The van der Waals surface area contributed by atoms with Crippen molar-refractivity contribution in [3.8, 4) is 10.6 Å². The lowest BCUT2D eigenvalue weighted by atomic mass is 9.88. The third-order valence-electron chi connectivity index (χ3n) is 1.81. The first kappa shape index (κ1) is 9.39. The molecular weight excluding hydrogens is 197 g/mol. The molecule has 0 fully saturated rings. The van der Waals surface area contributed by atoms with Crippen LogP contribution < -0.4 is 5.59 Å². The van der Waals surface area contributed by atoms with Gasteiger partial charge in [-0.3, -0.25) is 0 Å². The maximum absolute atomic E-state index is 8.88. The standard InChI is InChI=1S/C9H8BNO2S/c12-10(13)8-6-14-9(11-8)7-4-2-1-3-5-7/h1-6,12-13H. The number of benzene rings is 1. The van der Waals surface area contributed by atoms with Gasteiger partial charge in [0, 0.05) is 10.9 Å². The zero-order chi connectivity index (χ0) is 9.97. The molecule has 0 unspecified atom stereocenters. The zero-order valence-electron chi connectivity index (χ0n) is 7.29. The first-order chi connectivity index (χ1) is 6.77. The minimum absolute atomic E-state index is 0.300. The lowest BCUT2D eigenvalue weighted by Crippen LogP contribution is -2.30. The zero-order valence-corrected chi connectivity index (χ0v) is 8.11. The number of hydrogen-bond donors (Lipinski definition) is 2. The van der Waals surface area contributed by atoms with E-state index in [1.165, 1.54) is 11.3 Å². The van der Waals surface area contributed by atoms with Gasteiger partial charge in [-0.1, -0.05) is 30.3 Å². The van der Waals surface area contributed by atoms with E-state index in [2.05, 4.69) is 4.98 Å². The Labute approximate surface area is 85.8 Å². The quantitative estimate of drug-likeness (QED) is 0.701. The third kappa shape index (κ3) is 1.84. The van der Waals surface area contributed by atoms with Crippen molar-refractivity contribution in [3.05, 3.63) is 35.7 Å². The predicted molar refractivity (Wildman–Crippen MR) is 57.4 cm³/mol. The van der Waals surface area contributed by atoms with Gasteiger partial charge in [0.1, 0.15) is 5.01 Å². The average molecular weight is 205 g/mol. The van der Waals surface area contributed by atoms with Gasteiger partial charge in [0.15, 0.2) is 0 Å². The molecule has 0 saturated heterocycles. The van der Waals surface area contributed by atoms with Crippen LogP contribution in [0.2, 0.25) is 0 Å². The molecule has 0 bridgehead atoms. The Morgan fingerprint density at radius 1 is 1.14 bits per heavy atom. The molecule has 0 amide bonds. The highest BCUT2D eigenvalue weighted by Crippen LogP contribution is 2.19. The summed E-state index contributed by atoms with van der Waals surface area (Å²) in [5.74, 6) is 0. The van der Waals surface area contributed by atoms with Crippen LogP contribution in [0.1, 0.15) is 0 Å². The van der Waals surface area contributed by atoms with Gasteiger partial charge in [-0.2, -0.15) is 0 Å². The number of hydrogen-bond acceptors (Lipinski definition) is 4. The van der Waals surface area contributed by atoms with Crippen LogP contribution in [0.15, 0.2) is 35.7 Å². The molecule has 0 atom stereocenters. The molecular formula is C9H8BNO2S. The van der Waals surface area contributed by atoms with Crippen LogP contribution in [-0.2, 0) is 0 Å². The molecule has 70 valence electrons. The second-order valence-corrected chi connectivity index (χ2v) is 3.68. The molecule has 14 heavy (non-hydrogen) atoms. The van der Waals surface area contributed by atoms with Crippen molar-refractivity contribution in [2.75, 3.05) is 0 Å². The smallest absolute Gasteiger partial charge is 0.422 e. The van der Waals surface area contributed by atoms with Crippen LogP contribution in [0.5, 0.6) is 0 Å². The molecule has 0 aliphatic rings. The van der Waals surface area contributed by atoms with Crippen LogP contribution in [0, 0.1) is 0 Å². The fraction of sp³-hybridized carbons (Fsp3) is 0. The van der Waals surface area contributed by atoms with Gasteiger partial charge < -0.3 is 10.0 Å². The van der Waals surface area contributed by atoms with Gasteiger partial charge in [-0.05, 0) is 0 Å². The Morgan fingerprint density at radius 2 is 1.86 bits per heavy atom. The normalized spacial score (nSPS) is 10.1. The fourth-order valence-electron chi connectivity index (χ4n) is 1.12.